The molecule has 0 aliphatic carbocycles. The molecular formula is C21H25ClN2O6S. The summed E-state index contributed by atoms with van der Waals surface area (Å²) in [6.07, 6.45) is 1.47. The summed E-state index contributed by atoms with van der Waals surface area (Å²) >= 11 is 7.18. The SMILES string of the molecule is CCOc1cc(/C=C2/SC(=O)N(CC(=O)N3CCOCC3)C2=O)cc(Cl)c1OC(C)C. The first kappa shape index (κ1) is 23.4. The first-order valence-electron chi connectivity index (χ1n) is 10.0. The summed E-state index contributed by atoms with van der Waals surface area (Å²) in [5.41, 5.74) is 0.592. The van der Waals surface area contributed by atoms with Crippen LogP contribution in [0.5, 0.6) is 11.5 Å². The molecular weight excluding hydrogens is 444 g/mol. The summed E-state index contributed by atoms with van der Waals surface area (Å²) in [5, 5.41) is -0.138. The Bertz CT molecular complexity index is 898. The second kappa shape index (κ2) is 10.4. The standard InChI is InChI=1S/C21H25ClN2O6S/c1-4-29-16-10-14(9-15(22)19(16)30-13(2)3)11-17-20(26)24(21(27)31-17)12-18(25)23-5-7-28-8-6-23/h9-11,13H,4-8,12H2,1-3H3/b17-11+. The lowest BCUT2D eigenvalue weighted by Gasteiger charge is -2.28. The molecule has 168 valence electrons. The monoisotopic (exact) mass is 468 g/mol. The highest BCUT2D eigenvalue weighted by atomic mass is 35.5. The van der Waals surface area contributed by atoms with Gasteiger partial charge >= 0.3 is 0 Å². The van der Waals surface area contributed by atoms with Gasteiger partial charge in [-0.25, -0.2) is 0 Å². The van der Waals surface area contributed by atoms with Gasteiger partial charge in [-0.2, -0.15) is 0 Å². The van der Waals surface area contributed by atoms with Crippen LogP contribution >= 0.6 is 23.4 Å². The lowest BCUT2D eigenvalue weighted by Crippen LogP contribution is -2.46. The molecule has 0 N–H and O–H groups in total. The molecule has 8 nitrogen and oxygen atoms in total. The lowest BCUT2D eigenvalue weighted by atomic mass is 10.1. The number of ether oxygens (including phenoxy) is 3. The average molecular weight is 469 g/mol. The number of carbonyl (C=O) groups is 3. The van der Waals surface area contributed by atoms with E-state index >= 15 is 0 Å². The van der Waals surface area contributed by atoms with Crippen molar-refractivity contribution in [2.75, 3.05) is 39.5 Å². The van der Waals surface area contributed by atoms with Crippen molar-refractivity contribution in [3.05, 3.63) is 27.6 Å². The van der Waals surface area contributed by atoms with Crippen molar-refractivity contribution < 1.29 is 28.6 Å². The minimum absolute atomic E-state index is 0.0944. The third-order valence-corrected chi connectivity index (χ3v) is 5.70. The first-order chi connectivity index (χ1) is 14.8. The highest BCUT2D eigenvalue weighted by molar-refractivity contribution is 8.18. The van der Waals surface area contributed by atoms with Gasteiger partial charge in [0.1, 0.15) is 6.54 Å². The molecule has 0 radical (unpaired) electrons. The third kappa shape index (κ3) is 5.72. The molecule has 1 aromatic rings. The van der Waals surface area contributed by atoms with Gasteiger partial charge in [0.2, 0.25) is 5.91 Å². The number of benzene rings is 1. The van der Waals surface area contributed by atoms with Crippen LogP contribution in [0.4, 0.5) is 4.79 Å². The van der Waals surface area contributed by atoms with E-state index in [0.717, 1.165) is 16.7 Å². The van der Waals surface area contributed by atoms with Crippen LogP contribution in [-0.4, -0.2) is 72.4 Å². The molecule has 10 heteroatoms. The third-order valence-electron chi connectivity index (χ3n) is 4.51. The fraction of sp³-hybridized carbons (Fsp3) is 0.476. The van der Waals surface area contributed by atoms with E-state index in [0.29, 0.717) is 55.0 Å². The summed E-state index contributed by atoms with van der Waals surface area (Å²) in [7, 11) is 0. The Morgan fingerprint density at radius 1 is 1.29 bits per heavy atom. The first-order valence-corrected chi connectivity index (χ1v) is 11.2. The molecule has 0 aromatic heterocycles. The molecule has 0 atom stereocenters. The second-order valence-electron chi connectivity index (χ2n) is 7.19. The van der Waals surface area contributed by atoms with Gasteiger partial charge in [0.05, 0.1) is 35.9 Å². The maximum atomic E-state index is 12.8. The largest absolute Gasteiger partial charge is 0.490 e. The van der Waals surface area contributed by atoms with E-state index in [2.05, 4.69) is 0 Å². The molecule has 3 rings (SSSR count). The number of morpholine rings is 1. The fourth-order valence-corrected chi connectivity index (χ4v) is 4.22. The zero-order valence-corrected chi connectivity index (χ0v) is 19.3. The van der Waals surface area contributed by atoms with Gasteiger partial charge in [-0.1, -0.05) is 11.6 Å². The van der Waals surface area contributed by atoms with Crippen LogP contribution in [0.1, 0.15) is 26.3 Å². The number of carbonyl (C=O) groups excluding carboxylic acids is 3. The summed E-state index contributed by atoms with van der Waals surface area (Å²) in [6.45, 7) is 7.55. The number of nitrogens with zero attached hydrogens (tertiary/aromatic N) is 2. The predicted molar refractivity (Wildman–Crippen MR) is 118 cm³/mol. The molecule has 1 aromatic carbocycles. The normalized spacial score (nSPS) is 18.3. The molecule has 2 fully saturated rings. The Morgan fingerprint density at radius 3 is 2.65 bits per heavy atom. The fourth-order valence-electron chi connectivity index (χ4n) is 3.12. The minimum Gasteiger partial charge on any atom is -0.490 e. The number of imide groups is 1. The number of thioether (sulfide) groups is 1. The number of hydrogen-bond donors (Lipinski definition) is 0. The van der Waals surface area contributed by atoms with Crippen molar-refractivity contribution in [1.82, 2.24) is 9.80 Å². The smallest absolute Gasteiger partial charge is 0.294 e. The van der Waals surface area contributed by atoms with Gasteiger partial charge in [0.25, 0.3) is 11.1 Å². The lowest BCUT2D eigenvalue weighted by molar-refractivity contribution is -0.139. The molecule has 2 aliphatic heterocycles. The van der Waals surface area contributed by atoms with Crippen molar-refractivity contribution in [2.45, 2.75) is 26.9 Å². The molecule has 2 heterocycles. The molecule has 0 unspecified atom stereocenters. The van der Waals surface area contributed by atoms with E-state index in [1.165, 1.54) is 0 Å². The Labute approximate surface area is 190 Å². The molecule has 3 amide bonds. The van der Waals surface area contributed by atoms with E-state index in [1.807, 2.05) is 20.8 Å². The van der Waals surface area contributed by atoms with Crippen LogP contribution in [-0.2, 0) is 14.3 Å². The van der Waals surface area contributed by atoms with Crippen LogP contribution in [0.25, 0.3) is 6.08 Å². The van der Waals surface area contributed by atoms with Crippen LogP contribution < -0.4 is 9.47 Å². The van der Waals surface area contributed by atoms with E-state index in [-0.39, 0.29) is 23.5 Å². The van der Waals surface area contributed by atoms with E-state index in [1.54, 1.807) is 23.1 Å². The maximum Gasteiger partial charge on any atom is 0.294 e. The van der Waals surface area contributed by atoms with Crippen LogP contribution in [0.3, 0.4) is 0 Å². The summed E-state index contributed by atoms with van der Waals surface area (Å²) in [4.78, 5) is 40.4. The molecule has 2 saturated heterocycles. The van der Waals surface area contributed by atoms with Gasteiger partial charge < -0.3 is 19.1 Å². The highest BCUT2D eigenvalue weighted by Gasteiger charge is 2.37. The Balaban J connectivity index is 1.79. The minimum atomic E-state index is -0.506. The van der Waals surface area contributed by atoms with Crippen molar-refractivity contribution in [2.24, 2.45) is 0 Å². The summed E-state index contributed by atoms with van der Waals surface area (Å²) in [6, 6.07) is 3.36. The molecule has 0 bridgehead atoms. The molecule has 31 heavy (non-hydrogen) atoms. The number of amides is 3. The van der Waals surface area contributed by atoms with E-state index in [9.17, 15) is 14.4 Å². The topological polar surface area (TPSA) is 85.4 Å². The second-order valence-corrected chi connectivity index (χ2v) is 8.59. The zero-order valence-electron chi connectivity index (χ0n) is 17.7. The van der Waals surface area contributed by atoms with Gasteiger partial charge in [-0.15, -0.1) is 0 Å². The number of halogens is 1. The predicted octanol–water partition coefficient (Wildman–Crippen LogP) is 3.42. The van der Waals surface area contributed by atoms with Gasteiger partial charge in [-0.3, -0.25) is 19.3 Å². The maximum absolute atomic E-state index is 12.8. The zero-order chi connectivity index (χ0) is 22.5. The summed E-state index contributed by atoms with van der Waals surface area (Å²) < 4.78 is 16.6. The van der Waals surface area contributed by atoms with Crippen molar-refractivity contribution >= 4 is 46.5 Å². The van der Waals surface area contributed by atoms with E-state index in [4.69, 9.17) is 25.8 Å². The van der Waals surface area contributed by atoms with Crippen molar-refractivity contribution in [3.63, 3.8) is 0 Å². The van der Waals surface area contributed by atoms with Crippen LogP contribution in [0.2, 0.25) is 5.02 Å². The summed E-state index contributed by atoms with van der Waals surface area (Å²) in [5.74, 6) is 0.105. The molecule has 0 spiro atoms. The van der Waals surface area contributed by atoms with E-state index < -0.39 is 11.1 Å². The Kier molecular flexibility index (Phi) is 7.85. The van der Waals surface area contributed by atoms with Gasteiger partial charge in [0, 0.05) is 13.1 Å². The molecule has 0 saturated carbocycles. The Hall–Kier alpha value is -2.23. The van der Waals surface area contributed by atoms with Gasteiger partial charge in [0.15, 0.2) is 11.5 Å². The average Bonchev–Trinajstić information content (AvgIpc) is 2.98. The van der Waals surface area contributed by atoms with Crippen LogP contribution in [0, 0.1) is 0 Å². The van der Waals surface area contributed by atoms with Gasteiger partial charge in [-0.05, 0) is 56.3 Å². The van der Waals surface area contributed by atoms with Crippen molar-refractivity contribution in [3.8, 4) is 11.5 Å². The van der Waals surface area contributed by atoms with Crippen molar-refractivity contribution in [1.29, 1.82) is 0 Å². The number of rotatable bonds is 7. The van der Waals surface area contributed by atoms with Crippen LogP contribution in [0.15, 0.2) is 17.0 Å². The quantitative estimate of drug-likeness (QED) is 0.567. The number of hydrogen-bond acceptors (Lipinski definition) is 7. The Morgan fingerprint density at radius 2 is 2.00 bits per heavy atom. The molecule has 2 aliphatic rings. The highest BCUT2D eigenvalue weighted by Crippen LogP contribution is 2.39.